The number of aryl methyl sites for hydroxylation is 1. The number of amides is 1. The smallest absolute Gasteiger partial charge is 0.320 e. The molecule has 0 aliphatic heterocycles. The van der Waals surface area contributed by atoms with E-state index in [0.717, 1.165) is 19.9 Å². The molecule has 26 heavy (non-hydrogen) atoms. The second-order valence-electron chi connectivity index (χ2n) is 5.48. The van der Waals surface area contributed by atoms with Crippen molar-refractivity contribution < 1.29 is 18.0 Å². The lowest BCUT2D eigenvalue weighted by Gasteiger charge is -2.11. The molecule has 0 aliphatic rings. The lowest BCUT2D eigenvalue weighted by Crippen LogP contribution is -2.13. The average Bonchev–Trinajstić information content (AvgIpc) is 3.06. The van der Waals surface area contributed by atoms with Crippen LogP contribution in [0.5, 0.6) is 0 Å². The van der Waals surface area contributed by atoms with Crippen LogP contribution in [0.2, 0.25) is 0 Å². The largest absolute Gasteiger partial charge is 0.418 e. The van der Waals surface area contributed by atoms with E-state index < -0.39 is 17.6 Å². The summed E-state index contributed by atoms with van der Waals surface area (Å²) in [7, 11) is 0. The maximum Gasteiger partial charge on any atom is 0.418 e. The van der Waals surface area contributed by atoms with Gasteiger partial charge in [0.25, 0.3) is 5.91 Å². The Balaban J connectivity index is 1.88. The molecule has 2 aromatic carbocycles. The van der Waals surface area contributed by atoms with Crippen LogP contribution in [0, 0.1) is 10.5 Å². The summed E-state index contributed by atoms with van der Waals surface area (Å²) >= 11 is 2.16. The van der Waals surface area contributed by atoms with Crippen LogP contribution in [0.25, 0.3) is 5.69 Å². The van der Waals surface area contributed by atoms with Gasteiger partial charge in [-0.3, -0.25) is 4.79 Å². The molecule has 3 aromatic rings. The van der Waals surface area contributed by atoms with Crippen LogP contribution in [-0.4, -0.2) is 20.9 Å². The van der Waals surface area contributed by atoms with Gasteiger partial charge in [0.1, 0.15) is 0 Å². The fraction of sp³-hybridized carbons (Fsp3) is 0.118. The van der Waals surface area contributed by atoms with E-state index in [-0.39, 0.29) is 11.4 Å². The molecule has 0 radical (unpaired) electrons. The quantitative estimate of drug-likeness (QED) is 0.574. The third-order valence-electron chi connectivity index (χ3n) is 3.62. The molecular weight excluding hydrogens is 460 g/mol. The number of aromatic nitrogens is 3. The number of carbonyl (C=O) groups excluding carboxylic acids is 1. The molecule has 3 rings (SSSR count). The zero-order chi connectivity index (χ0) is 18.9. The number of rotatable bonds is 3. The standard InChI is InChI=1S/C17H12F3IN4O/c1-10-8-11(21)6-7-13(10)22-16(26)14-9-25(24-23-14)15-5-3-2-4-12(15)17(18,19)20/h2-9H,1H3,(H,22,26). The van der Waals surface area contributed by atoms with Gasteiger partial charge in [-0.25, -0.2) is 4.68 Å². The molecule has 0 aliphatic carbocycles. The molecular formula is C17H12F3IN4O. The van der Waals surface area contributed by atoms with Crippen molar-refractivity contribution in [2.75, 3.05) is 5.32 Å². The van der Waals surface area contributed by atoms with Crippen LogP contribution in [0.3, 0.4) is 0 Å². The van der Waals surface area contributed by atoms with Gasteiger partial charge in [0.05, 0.1) is 17.4 Å². The van der Waals surface area contributed by atoms with Gasteiger partial charge in [0.15, 0.2) is 5.69 Å². The van der Waals surface area contributed by atoms with Crippen molar-refractivity contribution in [2.24, 2.45) is 0 Å². The fourth-order valence-corrected chi connectivity index (χ4v) is 3.00. The minimum absolute atomic E-state index is 0.0834. The van der Waals surface area contributed by atoms with E-state index in [9.17, 15) is 18.0 Å². The molecule has 9 heteroatoms. The van der Waals surface area contributed by atoms with E-state index in [0.29, 0.717) is 5.69 Å². The van der Waals surface area contributed by atoms with E-state index >= 15 is 0 Å². The van der Waals surface area contributed by atoms with Crippen molar-refractivity contribution in [1.82, 2.24) is 15.0 Å². The lowest BCUT2D eigenvalue weighted by atomic mass is 10.1. The minimum Gasteiger partial charge on any atom is -0.320 e. The number of benzene rings is 2. The molecule has 0 saturated heterocycles. The summed E-state index contributed by atoms with van der Waals surface area (Å²) in [6.45, 7) is 1.84. The first-order valence-electron chi connectivity index (χ1n) is 7.42. The molecule has 0 unspecified atom stereocenters. The van der Waals surface area contributed by atoms with Crippen molar-refractivity contribution in [3.05, 3.63) is 69.1 Å². The van der Waals surface area contributed by atoms with E-state index in [1.165, 1.54) is 24.4 Å². The van der Waals surface area contributed by atoms with Crippen LogP contribution in [0.4, 0.5) is 18.9 Å². The third-order valence-corrected chi connectivity index (χ3v) is 4.29. The van der Waals surface area contributed by atoms with E-state index in [4.69, 9.17) is 0 Å². The number of para-hydroxylation sites is 1. The maximum absolute atomic E-state index is 13.1. The molecule has 0 saturated carbocycles. The Labute approximate surface area is 160 Å². The van der Waals surface area contributed by atoms with Gasteiger partial charge in [-0.1, -0.05) is 17.3 Å². The zero-order valence-corrected chi connectivity index (χ0v) is 15.5. The molecule has 0 bridgehead atoms. The first kappa shape index (κ1) is 18.4. The summed E-state index contributed by atoms with van der Waals surface area (Å²) < 4.78 is 41.3. The van der Waals surface area contributed by atoms with Gasteiger partial charge in [-0.2, -0.15) is 13.2 Å². The van der Waals surface area contributed by atoms with Crippen molar-refractivity contribution >= 4 is 34.2 Å². The minimum atomic E-state index is -4.54. The third kappa shape index (κ3) is 3.87. The highest BCUT2D eigenvalue weighted by molar-refractivity contribution is 14.1. The first-order chi connectivity index (χ1) is 12.3. The number of anilines is 1. The number of hydrogen-bond acceptors (Lipinski definition) is 3. The average molecular weight is 472 g/mol. The Morgan fingerprint density at radius 1 is 1.19 bits per heavy atom. The van der Waals surface area contributed by atoms with Crippen molar-refractivity contribution in [3.63, 3.8) is 0 Å². The van der Waals surface area contributed by atoms with Crippen LogP contribution < -0.4 is 5.32 Å². The highest BCUT2D eigenvalue weighted by Gasteiger charge is 2.34. The maximum atomic E-state index is 13.1. The van der Waals surface area contributed by atoms with E-state index in [1.54, 1.807) is 6.07 Å². The summed E-state index contributed by atoms with van der Waals surface area (Å²) in [5.41, 5.74) is 0.322. The molecule has 1 N–H and O–H groups in total. The number of hydrogen-bond donors (Lipinski definition) is 1. The van der Waals surface area contributed by atoms with E-state index in [1.807, 2.05) is 19.1 Å². The Morgan fingerprint density at radius 2 is 1.92 bits per heavy atom. The lowest BCUT2D eigenvalue weighted by molar-refractivity contribution is -0.137. The second kappa shape index (κ2) is 7.06. The predicted molar refractivity (Wildman–Crippen MR) is 98.2 cm³/mol. The molecule has 1 amide bonds. The fourth-order valence-electron chi connectivity index (χ4n) is 2.35. The Kier molecular flexibility index (Phi) is 4.99. The molecule has 1 aromatic heterocycles. The van der Waals surface area contributed by atoms with E-state index in [2.05, 4.69) is 38.2 Å². The number of halogens is 4. The monoisotopic (exact) mass is 472 g/mol. The van der Waals surface area contributed by atoms with Crippen molar-refractivity contribution in [1.29, 1.82) is 0 Å². The molecule has 0 fully saturated rings. The highest BCUT2D eigenvalue weighted by atomic mass is 127. The summed E-state index contributed by atoms with van der Waals surface area (Å²) in [5, 5.41) is 10.0. The van der Waals surface area contributed by atoms with Crippen LogP contribution in [0.1, 0.15) is 21.6 Å². The predicted octanol–water partition coefficient (Wildman–Crippen LogP) is 4.45. The first-order valence-corrected chi connectivity index (χ1v) is 8.50. The van der Waals surface area contributed by atoms with Gasteiger partial charge in [0.2, 0.25) is 0 Å². The Morgan fingerprint density at radius 3 is 2.62 bits per heavy atom. The normalized spacial score (nSPS) is 11.4. The van der Waals surface area contributed by atoms with Crippen molar-refractivity contribution in [3.8, 4) is 5.69 Å². The Bertz CT molecular complexity index is 969. The molecule has 1 heterocycles. The number of nitrogens with one attached hydrogen (secondary N) is 1. The number of nitrogens with zero attached hydrogens (tertiary/aromatic N) is 3. The molecule has 134 valence electrons. The number of carbonyl (C=O) groups is 1. The van der Waals surface area contributed by atoms with Crippen LogP contribution >= 0.6 is 22.6 Å². The van der Waals surface area contributed by atoms with Gasteiger partial charge >= 0.3 is 6.18 Å². The zero-order valence-electron chi connectivity index (χ0n) is 13.4. The molecule has 0 spiro atoms. The van der Waals surface area contributed by atoms with Gasteiger partial charge in [-0.05, 0) is 65.4 Å². The SMILES string of the molecule is Cc1cc(I)ccc1NC(=O)c1cn(-c2ccccc2C(F)(F)F)nn1. The topological polar surface area (TPSA) is 59.8 Å². The summed E-state index contributed by atoms with van der Waals surface area (Å²) in [6, 6.07) is 10.4. The molecule has 5 nitrogen and oxygen atoms in total. The van der Waals surface area contributed by atoms with Gasteiger partial charge in [0, 0.05) is 9.26 Å². The Hall–Kier alpha value is -2.43. The second-order valence-corrected chi connectivity index (χ2v) is 6.72. The van der Waals surface area contributed by atoms with Crippen LogP contribution in [0.15, 0.2) is 48.7 Å². The van der Waals surface area contributed by atoms with Crippen molar-refractivity contribution in [2.45, 2.75) is 13.1 Å². The summed E-state index contributed by atoms with van der Waals surface area (Å²) in [5.74, 6) is -0.551. The highest BCUT2D eigenvalue weighted by Crippen LogP contribution is 2.33. The van der Waals surface area contributed by atoms with Gasteiger partial charge < -0.3 is 5.32 Å². The van der Waals surface area contributed by atoms with Crippen LogP contribution in [-0.2, 0) is 6.18 Å². The summed E-state index contributed by atoms with van der Waals surface area (Å²) in [6.07, 6.45) is -3.37. The molecule has 0 atom stereocenters. The summed E-state index contributed by atoms with van der Waals surface area (Å²) in [4.78, 5) is 12.3. The number of alkyl halides is 3. The van der Waals surface area contributed by atoms with Gasteiger partial charge in [-0.15, -0.1) is 5.10 Å².